The number of rotatable bonds is 7. The lowest BCUT2D eigenvalue weighted by molar-refractivity contribution is -0.115. The summed E-state index contributed by atoms with van der Waals surface area (Å²) in [4.78, 5) is 15.9. The lowest BCUT2D eigenvalue weighted by Gasteiger charge is -2.16. The second-order valence-corrected chi connectivity index (χ2v) is 5.78. The molecule has 1 heterocycles. The molecule has 0 N–H and O–H groups in total. The number of carbonyl (C=O) groups excluding carboxylic acids is 1. The molecule has 1 atom stereocenters. The van der Waals surface area contributed by atoms with Crippen LogP contribution in [0.15, 0.2) is 60.1 Å². The van der Waals surface area contributed by atoms with E-state index in [0.29, 0.717) is 0 Å². The lowest BCUT2D eigenvalue weighted by Crippen LogP contribution is -2.17. The van der Waals surface area contributed by atoms with Crippen molar-refractivity contribution in [1.29, 1.82) is 0 Å². The van der Waals surface area contributed by atoms with Crippen LogP contribution < -0.4 is 0 Å². The van der Waals surface area contributed by atoms with Crippen molar-refractivity contribution >= 4 is 17.1 Å². The molecule has 21 heavy (non-hydrogen) atoms. The van der Waals surface area contributed by atoms with Crippen molar-refractivity contribution in [3.05, 3.63) is 70.6 Å². The van der Waals surface area contributed by atoms with Gasteiger partial charge in [-0.05, 0) is 36.9 Å². The first-order valence-corrected chi connectivity index (χ1v) is 8.18. The molecule has 2 rings (SSSR count). The van der Waals surface area contributed by atoms with Gasteiger partial charge in [0.15, 0.2) is 5.78 Å². The SMILES string of the molecule is CCN(/C=C/C(=O)C(c1ccccc1)c1cccs1)CC. The summed E-state index contributed by atoms with van der Waals surface area (Å²) in [6.07, 6.45) is 3.62. The van der Waals surface area contributed by atoms with Crippen LogP contribution in [0.1, 0.15) is 30.2 Å². The van der Waals surface area contributed by atoms with E-state index in [1.165, 1.54) is 0 Å². The number of thiophene rings is 1. The maximum atomic E-state index is 12.7. The van der Waals surface area contributed by atoms with Crippen LogP contribution in [-0.4, -0.2) is 23.8 Å². The first-order valence-electron chi connectivity index (χ1n) is 7.30. The molecule has 2 aromatic rings. The minimum atomic E-state index is -0.196. The Morgan fingerprint density at radius 2 is 1.86 bits per heavy atom. The van der Waals surface area contributed by atoms with Gasteiger partial charge >= 0.3 is 0 Å². The van der Waals surface area contributed by atoms with Crippen LogP contribution in [0, 0.1) is 0 Å². The number of nitrogens with zero attached hydrogens (tertiary/aromatic N) is 1. The number of hydrogen-bond donors (Lipinski definition) is 0. The van der Waals surface area contributed by atoms with Crippen molar-refractivity contribution in [3.8, 4) is 0 Å². The number of ketones is 1. The smallest absolute Gasteiger partial charge is 0.169 e. The Balaban J connectivity index is 2.27. The molecule has 0 radical (unpaired) electrons. The zero-order valence-electron chi connectivity index (χ0n) is 12.5. The van der Waals surface area contributed by atoms with Gasteiger partial charge in [0, 0.05) is 24.2 Å². The molecule has 1 aromatic heterocycles. The third-order valence-corrected chi connectivity index (χ3v) is 4.44. The minimum absolute atomic E-state index is 0.135. The first-order chi connectivity index (χ1) is 10.3. The molecule has 1 aromatic carbocycles. The number of carbonyl (C=O) groups is 1. The third kappa shape index (κ3) is 4.05. The van der Waals surface area contributed by atoms with E-state index in [4.69, 9.17) is 0 Å². The summed E-state index contributed by atoms with van der Waals surface area (Å²) in [6.45, 7) is 6.00. The molecular weight excluding hydrogens is 278 g/mol. The molecule has 0 saturated carbocycles. The highest BCUT2D eigenvalue weighted by Crippen LogP contribution is 2.29. The fraction of sp³-hybridized carbons (Fsp3) is 0.278. The van der Waals surface area contributed by atoms with Crippen molar-refractivity contribution in [3.63, 3.8) is 0 Å². The quantitative estimate of drug-likeness (QED) is 0.710. The molecule has 0 fully saturated rings. The van der Waals surface area contributed by atoms with E-state index in [1.807, 2.05) is 54.0 Å². The van der Waals surface area contributed by atoms with E-state index in [9.17, 15) is 4.79 Å². The highest BCUT2D eigenvalue weighted by molar-refractivity contribution is 7.10. The Hall–Kier alpha value is -1.87. The Morgan fingerprint density at radius 3 is 2.43 bits per heavy atom. The molecule has 0 spiro atoms. The summed E-state index contributed by atoms with van der Waals surface area (Å²) in [5.74, 6) is -0.0615. The summed E-state index contributed by atoms with van der Waals surface area (Å²) < 4.78 is 0. The Kier molecular flexibility index (Phi) is 5.76. The number of hydrogen-bond acceptors (Lipinski definition) is 3. The van der Waals surface area contributed by atoms with Crippen molar-refractivity contribution in [2.75, 3.05) is 13.1 Å². The van der Waals surface area contributed by atoms with E-state index in [0.717, 1.165) is 23.5 Å². The molecule has 3 heteroatoms. The number of allylic oxidation sites excluding steroid dienone is 1. The predicted octanol–water partition coefficient (Wildman–Crippen LogP) is 4.30. The van der Waals surface area contributed by atoms with Crippen molar-refractivity contribution in [2.24, 2.45) is 0 Å². The van der Waals surface area contributed by atoms with Crippen LogP contribution in [0.3, 0.4) is 0 Å². The zero-order chi connectivity index (χ0) is 15.1. The largest absolute Gasteiger partial charge is 0.378 e. The summed E-state index contributed by atoms with van der Waals surface area (Å²) in [7, 11) is 0. The van der Waals surface area contributed by atoms with Gasteiger partial charge in [-0.25, -0.2) is 0 Å². The Labute approximate surface area is 130 Å². The van der Waals surface area contributed by atoms with Gasteiger partial charge in [-0.3, -0.25) is 4.79 Å². The van der Waals surface area contributed by atoms with Crippen molar-refractivity contribution in [1.82, 2.24) is 4.90 Å². The second-order valence-electron chi connectivity index (χ2n) is 4.80. The van der Waals surface area contributed by atoms with Crippen LogP contribution in [0.4, 0.5) is 0 Å². The van der Waals surface area contributed by atoms with Crippen molar-refractivity contribution in [2.45, 2.75) is 19.8 Å². The normalized spacial score (nSPS) is 12.5. The summed E-state index contributed by atoms with van der Waals surface area (Å²) >= 11 is 1.63. The fourth-order valence-corrected chi connectivity index (χ4v) is 3.14. The molecule has 0 saturated heterocycles. The second kappa shape index (κ2) is 7.79. The molecule has 0 aliphatic heterocycles. The third-order valence-electron chi connectivity index (χ3n) is 3.51. The molecule has 2 nitrogen and oxygen atoms in total. The van der Waals surface area contributed by atoms with Gasteiger partial charge in [0.1, 0.15) is 0 Å². The predicted molar refractivity (Wildman–Crippen MR) is 89.7 cm³/mol. The van der Waals surface area contributed by atoms with Crippen LogP contribution in [0.5, 0.6) is 0 Å². The highest BCUT2D eigenvalue weighted by Gasteiger charge is 2.21. The molecule has 1 unspecified atom stereocenters. The average molecular weight is 299 g/mol. The topological polar surface area (TPSA) is 20.3 Å². The monoisotopic (exact) mass is 299 g/mol. The standard InChI is InChI=1S/C18H21NOS/c1-3-19(4-2)13-12-16(20)18(17-11-8-14-21-17)15-9-6-5-7-10-15/h5-14,18H,3-4H2,1-2H3/b13-12+. The summed E-state index contributed by atoms with van der Waals surface area (Å²) in [5, 5.41) is 2.02. The van der Waals surface area contributed by atoms with Crippen LogP contribution in [0.25, 0.3) is 0 Å². The fourth-order valence-electron chi connectivity index (χ4n) is 2.28. The molecule has 0 amide bonds. The van der Waals surface area contributed by atoms with E-state index in [1.54, 1.807) is 17.4 Å². The van der Waals surface area contributed by atoms with E-state index in [-0.39, 0.29) is 11.7 Å². The van der Waals surface area contributed by atoms with Gasteiger partial charge in [-0.15, -0.1) is 11.3 Å². The van der Waals surface area contributed by atoms with E-state index < -0.39 is 0 Å². The van der Waals surface area contributed by atoms with Gasteiger partial charge in [0.25, 0.3) is 0 Å². The zero-order valence-corrected chi connectivity index (χ0v) is 13.3. The highest BCUT2D eigenvalue weighted by atomic mass is 32.1. The van der Waals surface area contributed by atoms with E-state index >= 15 is 0 Å². The van der Waals surface area contributed by atoms with Crippen LogP contribution in [-0.2, 0) is 4.79 Å². The Bertz CT molecular complexity index is 571. The van der Waals surface area contributed by atoms with Crippen LogP contribution >= 0.6 is 11.3 Å². The van der Waals surface area contributed by atoms with Gasteiger partial charge in [-0.2, -0.15) is 0 Å². The molecular formula is C18H21NOS. The maximum Gasteiger partial charge on any atom is 0.169 e. The molecule has 110 valence electrons. The van der Waals surface area contributed by atoms with E-state index in [2.05, 4.69) is 18.7 Å². The van der Waals surface area contributed by atoms with Gasteiger partial charge < -0.3 is 4.90 Å². The van der Waals surface area contributed by atoms with Crippen molar-refractivity contribution < 1.29 is 4.79 Å². The molecule has 0 bridgehead atoms. The molecule has 0 aliphatic rings. The first kappa shape index (κ1) is 15.5. The Morgan fingerprint density at radius 1 is 1.14 bits per heavy atom. The van der Waals surface area contributed by atoms with Gasteiger partial charge in [0.2, 0.25) is 0 Å². The average Bonchev–Trinajstić information content (AvgIpc) is 3.03. The summed E-state index contributed by atoms with van der Waals surface area (Å²) in [5.41, 5.74) is 1.05. The molecule has 0 aliphatic carbocycles. The van der Waals surface area contributed by atoms with Gasteiger partial charge in [-0.1, -0.05) is 36.4 Å². The number of benzene rings is 1. The maximum absolute atomic E-state index is 12.7. The minimum Gasteiger partial charge on any atom is -0.378 e. The van der Waals surface area contributed by atoms with Crippen LogP contribution in [0.2, 0.25) is 0 Å². The van der Waals surface area contributed by atoms with Gasteiger partial charge in [0.05, 0.1) is 5.92 Å². The lowest BCUT2D eigenvalue weighted by atomic mass is 9.93. The summed E-state index contributed by atoms with van der Waals surface area (Å²) in [6, 6.07) is 14.0.